The van der Waals surface area contributed by atoms with Crippen LogP contribution in [0.5, 0.6) is 0 Å². The molecular formula is C23H22Cl3F3N4O2. The quantitative estimate of drug-likeness (QED) is 0.346. The second-order valence-electron chi connectivity index (χ2n) is 8.54. The molecule has 2 amide bonds. The van der Waals surface area contributed by atoms with Gasteiger partial charge in [-0.3, -0.25) is 10.9 Å². The molecule has 188 valence electrons. The van der Waals surface area contributed by atoms with E-state index in [1.54, 1.807) is 0 Å². The molecule has 1 unspecified atom stereocenters. The molecule has 0 spiro atoms. The molecule has 0 aromatic heterocycles. The topological polar surface area (TPSA) is 74.8 Å². The lowest BCUT2D eigenvalue weighted by molar-refractivity contribution is -0.275. The maximum Gasteiger partial charge on any atom is 0.435 e. The van der Waals surface area contributed by atoms with Crippen molar-refractivity contribution in [2.75, 3.05) is 5.43 Å². The van der Waals surface area contributed by atoms with E-state index in [1.807, 2.05) is 0 Å². The van der Waals surface area contributed by atoms with Crippen LogP contribution in [0.25, 0.3) is 0 Å². The van der Waals surface area contributed by atoms with Gasteiger partial charge in [-0.25, -0.2) is 4.79 Å². The number of halogens is 6. The van der Waals surface area contributed by atoms with Crippen LogP contribution in [-0.2, 0) is 10.4 Å². The van der Waals surface area contributed by atoms with Gasteiger partial charge in [0.2, 0.25) is 0 Å². The van der Waals surface area contributed by atoms with Crippen molar-refractivity contribution in [2.24, 2.45) is 5.16 Å². The molecular weight excluding hydrogens is 528 g/mol. The van der Waals surface area contributed by atoms with Gasteiger partial charge in [-0.2, -0.15) is 13.2 Å². The number of anilines is 1. The third kappa shape index (κ3) is 5.73. The monoisotopic (exact) mass is 548 g/mol. The molecule has 1 saturated carbocycles. The van der Waals surface area contributed by atoms with E-state index < -0.39 is 24.2 Å². The van der Waals surface area contributed by atoms with Gasteiger partial charge in [-0.15, -0.1) is 0 Å². The average molecular weight is 550 g/mol. The van der Waals surface area contributed by atoms with Gasteiger partial charge in [0.1, 0.15) is 0 Å². The Bertz CT molecular complexity index is 1120. The van der Waals surface area contributed by atoms with E-state index in [0.717, 1.165) is 44.2 Å². The minimum atomic E-state index is -4.81. The van der Waals surface area contributed by atoms with Crippen molar-refractivity contribution in [3.8, 4) is 0 Å². The molecule has 12 heteroatoms. The van der Waals surface area contributed by atoms with Crippen LogP contribution >= 0.6 is 34.8 Å². The number of carbonyl (C=O) groups is 1. The van der Waals surface area contributed by atoms with Crippen molar-refractivity contribution in [3.05, 3.63) is 62.6 Å². The minimum absolute atomic E-state index is 0.0451. The molecule has 6 nitrogen and oxygen atoms in total. The molecule has 0 saturated heterocycles. The lowest BCUT2D eigenvalue weighted by Crippen LogP contribution is -2.45. The fraction of sp³-hybridized carbons (Fsp3) is 0.391. The van der Waals surface area contributed by atoms with Crippen LogP contribution in [0.15, 0.2) is 41.6 Å². The molecule has 2 aromatic rings. The normalized spacial score (nSPS) is 20.7. The summed E-state index contributed by atoms with van der Waals surface area (Å²) in [5.74, 6) is 0. The van der Waals surface area contributed by atoms with Crippen LogP contribution in [0.3, 0.4) is 0 Å². The molecule has 1 atom stereocenters. The van der Waals surface area contributed by atoms with E-state index in [0.29, 0.717) is 11.3 Å². The molecule has 0 bridgehead atoms. The van der Waals surface area contributed by atoms with Gasteiger partial charge in [0.15, 0.2) is 0 Å². The minimum Gasteiger partial charge on any atom is -0.374 e. The third-order valence-corrected chi connectivity index (χ3v) is 6.83. The van der Waals surface area contributed by atoms with E-state index in [1.165, 1.54) is 24.3 Å². The number of nitrogens with zero attached hydrogens (tertiary/aromatic N) is 1. The van der Waals surface area contributed by atoms with Crippen LogP contribution in [0.1, 0.15) is 49.7 Å². The standard InChI is InChI=1S/C23H22Cl3F3N4O2/c24-15-9-14(10-16(25)11-15)22(23(27,28)29)12-20(33-35-22)13-6-7-18(26)19(8-13)31-32-21(34)30-17-4-2-1-3-5-17/h6-11,17,31H,1-5,12H2,(H2,30,32,34). The number of hydrogen-bond acceptors (Lipinski definition) is 4. The Morgan fingerprint density at radius 2 is 1.71 bits per heavy atom. The van der Waals surface area contributed by atoms with Crippen LogP contribution in [-0.4, -0.2) is 24.0 Å². The van der Waals surface area contributed by atoms with Crippen LogP contribution < -0.4 is 16.2 Å². The first kappa shape index (κ1) is 25.7. The van der Waals surface area contributed by atoms with Crippen molar-refractivity contribution >= 4 is 52.2 Å². The zero-order chi connectivity index (χ0) is 25.2. The Labute approximate surface area is 215 Å². The summed E-state index contributed by atoms with van der Waals surface area (Å²) in [6, 6.07) is 7.83. The van der Waals surface area contributed by atoms with Gasteiger partial charge >= 0.3 is 12.2 Å². The average Bonchev–Trinajstić information content (AvgIpc) is 3.26. The number of carbonyl (C=O) groups excluding carboxylic acids is 1. The Hall–Kier alpha value is -2.36. The summed E-state index contributed by atoms with van der Waals surface area (Å²) in [7, 11) is 0. The summed E-state index contributed by atoms with van der Waals surface area (Å²) >= 11 is 18.1. The number of oxime groups is 1. The molecule has 3 N–H and O–H groups in total. The van der Waals surface area contributed by atoms with Crippen LogP contribution in [0, 0.1) is 0 Å². The van der Waals surface area contributed by atoms with Gasteiger partial charge < -0.3 is 10.2 Å². The zero-order valence-electron chi connectivity index (χ0n) is 18.3. The van der Waals surface area contributed by atoms with E-state index in [4.69, 9.17) is 39.6 Å². The zero-order valence-corrected chi connectivity index (χ0v) is 20.6. The molecule has 1 aliphatic carbocycles. The predicted molar refractivity (Wildman–Crippen MR) is 130 cm³/mol. The number of nitrogens with one attached hydrogen (secondary N) is 3. The molecule has 1 aliphatic heterocycles. The number of hydrazine groups is 1. The molecule has 35 heavy (non-hydrogen) atoms. The summed E-state index contributed by atoms with van der Waals surface area (Å²) in [6.45, 7) is 0. The number of rotatable bonds is 5. The van der Waals surface area contributed by atoms with Crippen LogP contribution in [0.4, 0.5) is 23.7 Å². The number of hydrogen-bond donors (Lipinski definition) is 3. The second kappa shape index (κ2) is 10.3. The fourth-order valence-electron chi connectivity index (χ4n) is 4.24. The largest absolute Gasteiger partial charge is 0.435 e. The van der Waals surface area contributed by atoms with Crippen LogP contribution in [0.2, 0.25) is 15.1 Å². The highest BCUT2D eigenvalue weighted by atomic mass is 35.5. The number of benzene rings is 2. The number of urea groups is 1. The summed E-state index contributed by atoms with van der Waals surface area (Å²) in [5.41, 5.74) is 2.91. The van der Waals surface area contributed by atoms with E-state index >= 15 is 0 Å². The summed E-state index contributed by atoms with van der Waals surface area (Å²) in [5, 5.41) is 6.98. The Kier molecular flexibility index (Phi) is 7.59. The second-order valence-corrected chi connectivity index (χ2v) is 9.82. The van der Waals surface area contributed by atoms with Crippen molar-refractivity contribution in [1.82, 2.24) is 10.7 Å². The summed E-state index contributed by atoms with van der Waals surface area (Å²) < 4.78 is 42.7. The first-order chi connectivity index (χ1) is 16.6. The maximum atomic E-state index is 14.2. The third-order valence-electron chi connectivity index (χ3n) is 6.07. The van der Waals surface area contributed by atoms with Gasteiger partial charge in [0, 0.05) is 33.6 Å². The lowest BCUT2D eigenvalue weighted by atomic mass is 9.86. The Morgan fingerprint density at radius 3 is 2.37 bits per heavy atom. The number of alkyl halides is 3. The number of amides is 2. The van der Waals surface area contributed by atoms with E-state index in [-0.39, 0.29) is 32.4 Å². The van der Waals surface area contributed by atoms with E-state index in [2.05, 4.69) is 21.3 Å². The maximum absolute atomic E-state index is 14.2. The predicted octanol–water partition coefficient (Wildman–Crippen LogP) is 7.19. The SMILES string of the molecule is O=C(NNc1cc(C2=NOC(c3cc(Cl)cc(Cl)c3)(C(F)(F)F)C2)ccc1Cl)NC1CCCCC1. The molecule has 2 aliphatic rings. The molecule has 1 fully saturated rings. The molecule has 0 radical (unpaired) electrons. The van der Waals surface area contributed by atoms with Crippen molar-refractivity contribution in [2.45, 2.75) is 56.3 Å². The smallest absolute Gasteiger partial charge is 0.374 e. The van der Waals surface area contributed by atoms with Gasteiger partial charge in [0.05, 0.1) is 16.4 Å². The lowest BCUT2D eigenvalue weighted by Gasteiger charge is -2.29. The Balaban J connectivity index is 1.50. The fourth-order valence-corrected chi connectivity index (χ4v) is 4.93. The first-order valence-corrected chi connectivity index (χ1v) is 12.1. The molecule has 1 heterocycles. The van der Waals surface area contributed by atoms with Gasteiger partial charge in [-0.1, -0.05) is 65.3 Å². The van der Waals surface area contributed by atoms with Crippen molar-refractivity contribution < 1.29 is 22.8 Å². The van der Waals surface area contributed by atoms with Crippen molar-refractivity contribution in [1.29, 1.82) is 0 Å². The highest BCUT2D eigenvalue weighted by Crippen LogP contribution is 2.49. The molecule has 2 aromatic carbocycles. The summed E-state index contributed by atoms with van der Waals surface area (Å²) in [4.78, 5) is 17.3. The van der Waals surface area contributed by atoms with E-state index in [9.17, 15) is 18.0 Å². The van der Waals surface area contributed by atoms with Gasteiger partial charge in [0.25, 0.3) is 5.60 Å². The van der Waals surface area contributed by atoms with Gasteiger partial charge in [-0.05, 0) is 43.2 Å². The highest BCUT2D eigenvalue weighted by Gasteiger charge is 2.62. The summed E-state index contributed by atoms with van der Waals surface area (Å²) in [6.07, 6.45) is -0.282. The highest BCUT2D eigenvalue weighted by molar-refractivity contribution is 6.34. The Morgan fingerprint density at radius 1 is 1.03 bits per heavy atom. The molecule has 4 rings (SSSR count). The first-order valence-electron chi connectivity index (χ1n) is 11.0. The van der Waals surface area contributed by atoms with Crippen molar-refractivity contribution in [3.63, 3.8) is 0 Å².